The predicted octanol–water partition coefficient (Wildman–Crippen LogP) is 2.28. The molecular weight excluding hydrogens is 286 g/mol. The molecule has 2 aliphatic rings. The van der Waals surface area contributed by atoms with Crippen LogP contribution in [0.15, 0.2) is 36.8 Å². The van der Waals surface area contributed by atoms with E-state index >= 15 is 0 Å². The summed E-state index contributed by atoms with van der Waals surface area (Å²) in [6.07, 6.45) is 6.14. The van der Waals surface area contributed by atoms with Crippen molar-refractivity contribution in [1.82, 2.24) is 19.9 Å². The molecule has 2 atom stereocenters. The smallest absolute Gasteiger partial charge is 0.132 e. The molecule has 4 rings (SSSR count). The van der Waals surface area contributed by atoms with E-state index in [1.165, 1.54) is 25.1 Å². The molecule has 0 saturated carbocycles. The largest absolute Gasteiger partial charge is 0.355 e. The first-order chi connectivity index (χ1) is 11.3. The Hall–Kier alpha value is -2.01. The summed E-state index contributed by atoms with van der Waals surface area (Å²) in [5.41, 5.74) is 2.21. The van der Waals surface area contributed by atoms with E-state index in [0.29, 0.717) is 6.04 Å². The van der Waals surface area contributed by atoms with Gasteiger partial charge in [-0.05, 0) is 44.4 Å². The number of hydrogen-bond acceptors (Lipinski definition) is 5. The second kappa shape index (κ2) is 6.24. The monoisotopic (exact) mass is 309 g/mol. The molecule has 120 valence electrons. The highest BCUT2D eigenvalue weighted by Crippen LogP contribution is 2.33. The summed E-state index contributed by atoms with van der Waals surface area (Å²) >= 11 is 0. The van der Waals surface area contributed by atoms with Gasteiger partial charge in [-0.3, -0.25) is 9.88 Å². The van der Waals surface area contributed by atoms with Crippen LogP contribution in [0.3, 0.4) is 0 Å². The van der Waals surface area contributed by atoms with Gasteiger partial charge in [0.1, 0.15) is 12.1 Å². The number of aromatic nitrogens is 3. The van der Waals surface area contributed by atoms with E-state index in [1.54, 1.807) is 6.33 Å². The molecule has 23 heavy (non-hydrogen) atoms. The zero-order valence-electron chi connectivity index (χ0n) is 13.6. The maximum atomic E-state index is 4.49. The van der Waals surface area contributed by atoms with Crippen LogP contribution in [-0.2, 0) is 6.54 Å². The van der Waals surface area contributed by atoms with Crippen LogP contribution in [0.1, 0.15) is 24.2 Å². The molecule has 4 heterocycles. The fourth-order valence-electron chi connectivity index (χ4n) is 3.95. The molecule has 2 fully saturated rings. The number of likely N-dealkylation sites (tertiary alicyclic amines) is 1. The highest BCUT2D eigenvalue weighted by atomic mass is 15.3. The quantitative estimate of drug-likeness (QED) is 0.870. The zero-order chi connectivity index (χ0) is 15.6. The summed E-state index contributed by atoms with van der Waals surface area (Å²) in [6, 6.07) is 8.89. The molecule has 5 nitrogen and oxygen atoms in total. The second-order valence-corrected chi connectivity index (χ2v) is 6.66. The fourth-order valence-corrected chi connectivity index (χ4v) is 3.95. The molecule has 0 amide bonds. The summed E-state index contributed by atoms with van der Waals surface area (Å²) in [4.78, 5) is 18.2. The Labute approximate surface area is 137 Å². The Bertz CT molecular complexity index is 659. The van der Waals surface area contributed by atoms with Crippen molar-refractivity contribution >= 4 is 5.82 Å². The van der Waals surface area contributed by atoms with Crippen molar-refractivity contribution in [2.24, 2.45) is 5.92 Å². The molecule has 0 radical (unpaired) electrons. The third-order valence-electron chi connectivity index (χ3n) is 5.18. The van der Waals surface area contributed by atoms with Gasteiger partial charge in [0.05, 0.1) is 5.69 Å². The van der Waals surface area contributed by atoms with Gasteiger partial charge in [-0.1, -0.05) is 6.07 Å². The molecule has 0 N–H and O–H groups in total. The summed E-state index contributed by atoms with van der Waals surface area (Å²) in [5.74, 6) is 1.89. The lowest BCUT2D eigenvalue weighted by Gasteiger charge is -2.39. The first-order valence-corrected chi connectivity index (χ1v) is 8.47. The van der Waals surface area contributed by atoms with Crippen LogP contribution in [-0.4, -0.2) is 45.5 Å². The Kier molecular flexibility index (Phi) is 3.95. The van der Waals surface area contributed by atoms with Crippen molar-refractivity contribution in [3.05, 3.63) is 48.2 Å². The Morgan fingerprint density at radius 1 is 1.13 bits per heavy atom. The lowest BCUT2D eigenvalue weighted by Crippen LogP contribution is -2.48. The molecule has 0 spiro atoms. The minimum absolute atomic E-state index is 0.612. The molecule has 2 unspecified atom stereocenters. The third kappa shape index (κ3) is 3.06. The van der Waals surface area contributed by atoms with Crippen LogP contribution < -0.4 is 4.90 Å². The van der Waals surface area contributed by atoms with Crippen molar-refractivity contribution in [2.75, 3.05) is 24.5 Å². The van der Waals surface area contributed by atoms with Gasteiger partial charge in [0.15, 0.2) is 0 Å². The molecule has 0 aliphatic carbocycles. The Morgan fingerprint density at radius 3 is 2.87 bits per heavy atom. The lowest BCUT2D eigenvalue weighted by molar-refractivity contribution is 0.198. The molecule has 0 aromatic carbocycles. The minimum Gasteiger partial charge on any atom is -0.355 e. The molecule has 0 bridgehead atoms. The van der Waals surface area contributed by atoms with E-state index < -0.39 is 0 Å². The number of pyridine rings is 1. The van der Waals surface area contributed by atoms with E-state index in [9.17, 15) is 0 Å². The Balaban J connectivity index is 1.49. The van der Waals surface area contributed by atoms with Gasteiger partial charge in [0.2, 0.25) is 0 Å². The summed E-state index contributed by atoms with van der Waals surface area (Å²) < 4.78 is 0. The van der Waals surface area contributed by atoms with Crippen molar-refractivity contribution < 1.29 is 0 Å². The average Bonchev–Trinajstić information content (AvgIpc) is 2.98. The van der Waals surface area contributed by atoms with Gasteiger partial charge in [-0.25, -0.2) is 9.97 Å². The minimum atomic E-state index is 0.612. The van der Waals surface area contributed by atoms with Gasteiger partial charge in [0.25, 0.3) is 0 Å². The summed E-state index contributed by atoms with van der Waals surface area (Å²) in [5, 5.41) is 0. The lowest BCUT2D eigenvalue weighted by atomic mass is 9.92. The number of rotatable bonds is 3. The van der Waals surface area contributed by atoms with E-state index in [1.807, 2.05) is 19.2 Å². The van der Waals surface area contributed by atoms with Crippen LogP contribution in [0.25, 0.3) is 0 Å². The molecule has 2 aliphatic heterocycles. The molecule has 2 aromatic rings. The first kappa shape index (κ1) is 14.6. The van der Waals surface area contributed by atoms with Crippen LogP contribution in [0.5, 0.6) is 0 Å². The maximum Gasteiger partial charge on any atom is 0.132 e. The summed E-state index contributed by atoms with van der Waals surface area (Å²) in [7, 11) is 0. The van der Waals surface area contributed by atoms with Crippen LogP contribution in [0.2, 0.25) is 0 Å². The van der Waals surface area contributed by atoms with Gasteiger partial charge in [0, 0.05) is 43.6 Å². The van der Waals surface area contributed by atoms with E-state index in [-0.39, 0.29) is 0 Å². The zero-order valence-corrected chi connectivity index (χ0v) is 13.6. The number of fused-ring (bicyclic) bond motifs is 1. The van der Waals surface area contributed by atoms with Crippen molar-refractivity contribution in [2.45, 2.75) is 32.4 Å². The van der Waals surface area contributed by atoms with E-state index in [0.717, 1.165) is 37.1 Å². The highest BCUT2D eigenvalue weighted by molar-refractivity contribution is 5.39. The van der Waals surface area contributed by atoms with Gasteiger partial charge in [-0.15, -0.1) is 0 Å². The first-order valence-electron chi connectivity index (χ1n) is 8.47. The van der Waals surface area contributed by atoms with Gasteiger partial charge < -0.3 is 4.90 Å². The van der Waals surface area contributed by atoms with E-state index in [2.05, 4.69) is 43.0 Å². The predicted molar refractivity (Wildman–Crippen MR) is 90.1 cm³/mol. The Morgan fingerprint density at radius 2 is 2.04 bits per heavy atom. The number of aryl methyl sites for hydroxylation is 1. The van der Waals surface area contributed by atoms with Gasteiger partial charge >= 0.3 is 0 Å². The standard InChI is InChI=1S/C18H23N5/c1-14-10-18(21-13-20-14)23-9-6-15-5-8-22(17(15)12-23)11-16-4-2-3-7-19-16/h2-4,7,10,13,15,17H,5-6,8-9,11-12H2,1H3. The van der Waals surface area contributed by atoms with Crippen LogP contribution in [0.4, 0.5) is 5.82 Å². The topological polar surface area (TPSA) is 45.2 Å². The maximum absolute atomic E-state index is 4.49. The fraction of sp³-hybridized carbons (Fsp3) is 0.500. The number of anilines is 1. The normalized spacial score (nSPS) is 24.7. The van der Waals surface area contributed by atoms with E-state index in [4.69, 9.17) is 0 Å². The van der Waals surface area contributed by atoms with Crippen molar-refractivity contribution in [3.8, 4) is 0 Å². The number of hydrogen-bond donors (Lipinski definition) is 0. The third-order valence-corrected chi connectivity index (χ3v) is 5.18. The highest BCUT2D eigenvalue weighted by Gasteiger charge is 2.38. The second-order valence-electron chi connectivity index (χ2n) is 6.66. The number of nitrogens with zero attached hydrogens (tertiary/aromatic N) is 5. The van der Waals surface area contributed by atoms with Crippen molar-refractivity contribution in [1.29, 1.82) is 0 Å². The average molecular weight is 309 g/mol. The van der Waals surface area contributed by atoms with Crippen LogP contribution in [0, 0.1) is 12.8 Å². The molecular formula is C18H23N5. The van der Waals surface area contributed by atoms with Gasteiger partial charge in [-0.2, -0.15) is 0 Å². The molecule has 2 aromatic heterocycles. The molecule has 2 saturated heterocycles. The number of piperidine rings is 1. The molecule has 5 heteroatoms. The van der Waals surface area contributed by atoms with Crippen molar-refractivity contribution in [3.63, 3.8) is 0 Å². The van der Waals surface area contributed by atoms with Crippen LogP contribution >= 0.6 is 0 Å². The summed E-state index contributed by atoms with van der Waals surface area (Å²) in [6.45, 7) is 6.34. The SMILES string of the molecule is Cc1cc(N2CCC3CCN(Cc4ccccn4)C3C2)ncn1.